The van der Waals surface area contributed by atoms with Crippen LogP contribution in [0, 0.1) is 5.82 Å². The van der Waals surface area contributed by atoms with Crippen LogP contribution in [0.4, 0.5) is 14.9 Å². The third kappa shape index (κ3) is 7.04. The number of rotatable bonds is 8. The van der Waals surface area contributed by atoms with E-state index >= 15 is 0 Å². The second-order valence-corrected chi connectivity index (χ2v) is 13.6. The third-order valence-electron chi connectivity index (χ3n) is 5.02. The van der Waals surface area contributed by atoms with Crippen molar-refractivity contribution in [3.63, 3.8) is 0 Å². The Labute approximate surface area is 194 Å². The molecular weight excluding hydrogens is 443 g/mol. The molecule has 178 valence electrons. The summed E-state index contributed by atoms with van der Waals surface area (Å²) in [5, 5.41) is 8.42. The molecule has 1 aliphatic rings. The standard InChI is InChI=1S/C23H31FN4O4Si/c1-7-17(32-3)10-8-15(2)21(27-23(31)28-13-20(29)25-14-28)22(30)26-16-9-11-19(18(24)12-16)33(4,5)6/h7-12,21H,2,13-14H2,1,3-6H3,(H,25,29)(H,26,30)(H,27,31)/b10-8-,17-7+/t21-/m1/s1. The molecule has 4 amide bonds. The molecule has 3 N–H and O–H groups in total. The highest BCUT2D eigenvalue weighted by atomic mass is 28.3. The normalized spacial score (nSPS) is 15.3. The van der Waals surface area contributed by atoms with Gasteiger partial charge in [-0.15, -0.1) is 0 Å². The van der Waals surface area contributed by atoms with Gasteiger partial charge in [0, 0.05) is 5.69 Å². The number of carbonyl (C=O) groups is 3. The fourth-order valence-corrected chi connectivity index (χ4v) is 4.51. The lowest BCUT2D eigenvalue weighted by Crippen LogP contribution is -2.49. The highest BCUT2D eigenvalue weighted by Gasteiger charge is 2.29. The van der Waals surface area contributed by atoms with E-state index in [9.17, 15) is 18.8 Å². The summed E-state index contributed by atoms with van der Waals surface area (Å²) in [5.74, 6) is -0.734. The first-order valence-electron chi connectivity index (χ1n) is 10.5. The van der Waals surface area contributed by atoms with E-state index in [1.54, 1.807) is 37.3 Å². The number of halogens is 1. The fourth-order valence-electron chi connectivity index (χ4n) is 3.14. The van der Waals surface area contributed by atoms with Crippen molar-refractivity contribution in [2.45, 2.75) is 32.6 Å². The third-order valence-corrected chi connectivity index (χ3v) is 7.04. The second kappa shape index (κ2) is 11.0. The summed E-state index contributed by atoms with van der Waals surface area (Å²) in [5.41, 5.74) is 0.537. The SMILES string of the molecule is C=C(/C=C\C(=C/C)OC)[C@@H](NC(=O)N1CNC(=O)C1)C(=O)Nc1ccc([Si](C)(C)C)c(F)c1. The molecular formula is C23H31FN4O4Si. The number of allylic oxidation sites excluding steroid dienone is 2. The van der Waals surface area contributed by atoms with Crippen molar-refractivity contribution in [2.24, 2.45) is 0 Å². The molecule has 2 rings (SSSR count). The molecule has 1 heterocycles. The number of nitrogens with zero attached hydrogens (tertiary/aromatic N) is 1. The summed E-state index contributed by atoms with van der Waals surface area (Å²) in [6, 6.07) is 2.81. The minimum atomic E-state index is -1.88. The first kappa shape index (κ1) is 25.9. The van der Waals surface area contributed by atoms with Crippen molar-refractivity contribution in [3.05, 3.63) is 60.2 Å². The molecule has 0 aromatic heterocycles. The first-order chi connectivity index (χ1) is 15.5. The van der Waals surface area contributed by atoms with E-state index in [1.165, 1.54) is 18.1 Å². The predicted octanol–water partition coefficient (Wildman–Crippen LogP) is 2.44. The van der Waals surface area contributed by atoms with Gasteiger partial charge in [-0.1, -0.05) is 38.4 Å². The van der Waals surface area contributed by atoms with Gasteiger partial charge in [0.15, 0.2) is 0 Å². The predicted molar refractivity (Wildman–Crippen MR) is 129 cm³/mol. The highest BCUT2D eigenvalue weighted by molar-refractivity contribution is 6.88. The van der Waals surface area contributed by atoms with E-state index in [0.29, 0.717) is 10.9 Å². The molecule has 0 unspecified atom stereocenters. The van der Waals surface area contributed by atoms with Crippen LogP contribution < -0.4 is 21.1 Å². The Kier molecular flexibility index (Phi) is 8.58. The van der Waals surface area contributed by atoms with E-state index < -0.39 is 26.1 Å². The number of hydrogen-bond donors (Lipinski definition) is 3. The zero-order valence-corrected chi connectivity index (χ0v) is 20.6. The van der Waals surface area contributed by atoms with E-state index in [4.69, 9.17) is 4.74 Å². The van der Waals surface area contributed by atoms with Gasteiger partial charge in [-0.2, -0.15) is 0 Å². The van der Waals surface area contributed by atoms with Crippen LogP contribution in [0.15, 0.2) is 54.3 Å². The Balaban J connectivity index is 2.25. The number of nitrogens with one attached hydrogen (secondary N) is 3. The van der Waals surface area contributed by atoms with Crippen LogP contribution in [0.25, 0.3) is 0 Å². The lowest BCUT2D eigenvalue weighted by molar-refractivity contribution is -0.118. The van der Waals surface area contributed by atoms with Crippen LogP contribution in [-0.4, -0.2) is 57.2 Å². The van der Waals surface area contributed by atoms with Crippen molar-refractivity contribution in [3.8, 4) is 0 Å². The minimum absolute atomic E-state index is 0.0388. The van der Waals surface area contributed by atoms with Gasteiger partial charge in [0.25, 0.3) is 5.91 Å². The fraction of sp³-hybridized carbons (Fsp3) is 0.348. The van der Waals surface area contributed by atoms with Gasteiger partial charge in [0.1, 0.15) is 24.2 Å². The Morgan fingerprint density at radius 2 is 2.00 bits per heavy atom. The van der Waals surface area contributed by atoms with E-state index in [2.05, 4.69) is 22.5 Å². The van der Waals surface area contributed by atoms with Crippen LogP contribution in [0.5, 0.6) is 0 Å². The van der Waals surface area contributed by atoms with Gasteiger partial charge < -0.3 is 20.7 Å². The maximum absolute atomic E-state index is 14.6. The van der Waals surface area contributed by atoms with Crippen molar-refractivity contribution in [2.75, 3.05) is 25.6 Å². The maximum Gasteiger partial charge on any atom is 0.320 e. The number of hydrogen-bond acceptors (Lipinski definition) is 4. The van der Waals surface area contributed by atoms with Gasteiger partial charge in [-0.3, -0.25) is 14.5 Å². The van der Waals surface area contributed by atoms with Crippen LogP contribution in [-0.2, 0) is 14.3 Å². The monoisotopic (exact) mass is 474 g/mol. The number of ether oxygens (including phenoxy) is 1. The van der Waals surface area contributed by atoms with Gasteiger partial charge >= 0.3 is 6.03 Å². The first-order valence-corrected chi connectivity index (χ1v) is 14.0. The molecule has 1 aromatic carbocycles. The average molecular weight is 475 g/mol. The summed E-state index contributed by atoms with van der Waals surface area (Å²) >= 11 is 0. The Bertz CT molecular complexity index is 1000. The molecule has 1 aliphatic heterocycles. The molecule has 10 heteroatoms. The van der Waals surface area contributed by atoms with E-state index in [1.807, 2.05) is 19.6 Å². The quantitative estimate of drug-likeness (QED) is 0.306. The van der Waals surface area contributed by atoms with Crippen LogP contribution >= 0.6 is 0 Å². The van der Waals surface area contributed by atoms with Crippen LogP contribution in [0.3, 0.4) is 0 Å². The molecule has 0 spiro atoms. The zero-order chi connectivity index (χ0) is 24.8. The Morgan fingerprint density at radius 3 is 2.52 bits per heavy atom. The summed E-state index contributed by atoms with van der Waals surface area (Å²) in [6.07, 6.45) is 4.88. The second-order valence-electron chi connectivity index (χ2n) is 8.58. The highest BCUT2D eigenvalue weighted by Crippen LogP contribution is 2.15. The number of methoxy groups -OCH3 is 1. The summed E-state index contributed by atoms with van der Waals surface area (Å²) in [6.45, 7) is 11.7. The zero-order valence-electron chi connectivity index (χ0n) is 19.6. The van der Waals surface area contributed by atoms with Gasteiger partial charge in [-0.25, -0.2) is 9.18 Å². The Morgan fingerprint density at radius 1 is 1.30 bits per heavy atom. The number of carbonyl (C=O) groups excluding carboxylic acids is 3. The molecule has 0 radical (unpaired) electrons. The summed E-state index contributed by atoms with van der Waals surface area (Å²) < 4.78 is 19.8. The van der Waals surface area contributed by atoms with Crippen LogP contribution in [0.1, 0.15) is 6.92 Å². The minimum Gasteiger partial charge on any atom is -0.497 e. The van der Waals surface area contributed by atoms with Gasteiger partial charge in [0.05, 0.1) is 21.9 Å². The molecule has 0 saturated carbocycles. The topological polar surface area (TPSA) is 99.8 Å². The molecule has 1 aromatic rings. The summed E-state index contributed by atoms with van der Waals surface area (Å²) in [4.78, 5) is 38.3. The lowest BCUT2D eigenvalue weighted by Gasteiger charge is -2.23. The number of anilines is 1. The van der Waals surface area contributed by atoms with Gasteiger partial charge in [-0.05, 0) is 42.0 Å². The number of amides is 4. The molecule has 1 saturated heterocycles. The average Bonchev–Trinajstić information content (AvgIpc) is 3.17. The Hall–Kier alpha value is -3.40. The van der Waals surface area contributed by atoms with Crippen molar-refractivity contribution < 1.29 is 23.5 Å². The molecule has 33 heavy (non-hydrogen) atoms. The smallest absolute Gasteiger partial charge is 0.320 e. The van der Waals surface area contributed by atoms with Crippen molar-refractivity contribution >= 4 is 36.8 Å². The van der Waals surface area contributed by atoms with E-state index in [0.717, 1.165) is 0 Å². The maximum atomic E-state index is 14.6. The molecule has 1 atom stereocenters. The molecule has 0 aliphatic carbocycles. The van der Waals surface area contributed by atoms with Crippen molar-refractivity contribution in [1.82, 2.24) is 15.5 Å². The summed E-state index contributed by atoms with van der Waals surface area (Å²) in [7, 11) is -0.372. The number of urea groups is 1. The van der Waals surface area contributed by atoms with E-state index in [-0.39, 0.29) is 36.2 Å². The molecule has 0 bridgehead atoms. The number of benzene rings is 1. The molecule has 1 fully saturated rings. The molecule has 8 nitrogen and oxygen atoms in total. The van der Waals surface area contributed by atoms with Crippen molar-refractivity contribution in [1.29, 1.82) is 0 Å². The van der Waals surface area contributed by atoms with Crippen LogP contribution in [0.2, 0.25) is 19.6 Å². The lowest BCUT2D eigenvalue weighted by atomic mass is 10.1. The largest absolute Gasteiger partial charge is 0.497 e. The van der Waals surface area contributed by atoms with Gasteiger partial charge in [0.2, 0.25) is 5.91 Å².